The van der Waals surface area contributed by atoms with Crippen LogP contribution in [-0.4, -0.2) is 0 Å². The molecule has 94 valence electrons. The summed E-state index contributed by atoms with van der Waals surface area (Å²) >= 11 is 17.8. The molecule has 0 amide bonds. The van der Waals surface area contributed by atoms with Gasteiger partial charge in [-0.15, -0.1) is 50.5 Å². The molecule has 2 rings (SSSR count). The van der Waals surface area contributed by atoms with Crippen molar-refractivity contribution >= 4 is 61.9 Å². The molecule has 18 heavy (non-hydrogen) atoms. The Morgan fingerprint density at radius 1 is 0.556 bits per heavy atom. The van der Waals surface area contributed by atoms with Gasteiger partial charge in [0, 0.05) is 42.1 Å². The molecule has 4 N–H and O–H groups in total. The number of rotatable bonds is 1. The standard InChI is InChI=1S/C12H12N2S4/c13-5-1-7(15)11(8(16)2-5)12-9(17)3-6(14)4-10(12)18/h1-4,15-18H,13-14H2. The second-order valence-electron chi connectivity index (χ2n) is 3.87. The highest BCUT2D eigenvalue weighted by Gasteiger charge is 2.14. The molecule has 0 heterocycles. The summed E-state index contributed by atoms with van der Waals surface area (Å²) in [4.78, 5) is 2.93. The lowest BCUT2D eigenvalue weighted by Crippen LogP contribution is -1.93. The minimum absolute atomic E-state index is 0.616. The molecule has 0 radical (unpaired) electrons. The maximum absolute atomic E-state index is 5.75. The molecule has 2 nitrogen and oxygen atoms in total. The molecule has 0 bridgehead atoms. The molecule has 6 heteroatoms. The highest BCUT2D eigenvalue weighted by atomic mass is 32.1. The summed E-state index contributed by atoms with van der Waals surface area (Å²) in [6.07, 6.45) is 0. The first-order valence-electron chi connectivity index (χ1n) is 5.03. The van der Waals surface area contributed by atoms with Gasteiger partial charge in [0.25, 0.3) is 0 Å². The van der Waals surface area contributed by atoms with Gasteiger partial charge in [-0.2, -0.15) is 0 Å². The van der Waals surface area contributed by atoms with Crippen molar-refractivity contribution in [2.45, 2.75) is 19.6 Å². The average Bonchev–Trinajstić information content (AvgIpc) is 2.20. The van der Waals surface area contributed by atoms with Gasteiger partial charge in [0.1, 0.15) is 0 Å². The molecule has 0 unspecified atom stereocenters. The lowest BCUT2D eigenvalue weighted by molar-refractivity contribution is 1.26. The van der Waals surface area contributed by atoms with E-state index in [4.69, 9.17) is 11.5 Å². The van der Waals surface area contributed by atoms with E-state index in [1.54, 1.807) is 24.3 Å². The van der Waals surface area contributed by atoms with E-state index in [1.165, 1.54) is 0 Å². The summed E-state index contributed by atoms with van der Waals surface area (Å²) < 4.78 is 0. The molecule has 0 saturated carbocycles. The molecule has 0 aromatic heterocycles. The number of anilines is 2. The van der Waals surface area contributed by atoms with Crippen LogP contribution in [0.3, 0.4) is 0 Å². The van der Waals surface area contributed by atoms with E-state index in [2.05, 4.69) is 50.5 Å². The van der Waals surface area contributed by atoms with Crippen molar-refractivity contribution in [1.29, 1.82) is 0 Å². The van der Waals surface area contributed by atoms with Gasteiger partial charge in [0.05, 0.1) is 0 Å². The Bertz CT molecular complexity index is 524. The van der Waals surface area contributed by atoms with Crippen molar-refractivity contribution in [2.75, 3.05) is 11.5 Å². The van der Waals surface area contributed by atoms with Crippen LogP contribution in [0.25, 0.3) is 11.1 Å². The molecule has 0 spiro atoms. The minimum atomic E-state index is 0.616. The van der Waals surface area contributed by atoms with Crippen molar-refractivity contribution in [3.63, 3.8) is 0 Å². The molecular weight excluding hydrogens is 300 g/mol. The van der Waals surface area contributed by atoms with Gasteiger partial charge in [0.2, 0.25) is 0 Å². The van der Waals surface area contributed by atoms with Gasteiger partial charge in [-0.3, -0.25) is 0 Å². The van der Waals surface area contributed by atoms with Crippen molar-refractivity contribution in [3.8, 4) is 11.1 Å². The summed E-state index contributed by atoms with van der Waals surface area (Å²) in [7, 11) is 0. The van der Waals surface area contributed by atoms with Crippen LogP contribution < -0.4 is 11.5 Å². The molecule has 0 fully saturated rings. The van der Waals surface area contributed by atoms with Gasteiger partial charge in [-0.1, -0.05) is 0 Å². The lowest BCUT2D eigenvalue weighted by Gasteiger charge is -2.15. The summed E-state index contributed by atoms with van der Waals surface area (Å²) in [5.74, 6) is 0. The fourth-order valence-corrected chi connectivity index (χ4v) is 3.48. The third kappa shape index (κ3) is 2.56. The van der Waals surface area contributed by atoms with Gasteiger partial charge in [-0.25, -0.2) is 0 Å². The second-order valence-corrected chi connectivity index (χ2v) is 5.80. The van der Waals surface area contributed by atoms with Gasteiger partial charge in [0.15, 0.2) is 0 Å². The predicted molar refractivity (Wildman–Crippen MR) is 89.7 cm³/mol. The van der Waals surface area contributed by atoms with Gasteiger partial charge in [-0.05, 0) is 24.3 Å². The third-order valence-corrected chi connectivity index (χ3v) is 3.90. The lowest BCUT2D eigenvalue weighted by atomic mass is 10.0. The quantitative estimate of drug-likeness (QED) is 0.360. The van der Waals surface area contributed by atoms with Gasteiger partial charge >= 0.3 is 0 Å². The van der Waals surface area contributed by atoms with E-state index >= 15 is 0 Å². The van der Waals surface area contributed by atoms with E-state index in [9.17, 15) is 0 Å². The molecule has 0 aliphatic carbocycles. The Morgan fingerprint density at radius 2 is 0.778 bits per heavy atom. The first-order valence-corrected chi connectivity index (χ1v) is 6.82. The summed E-state index contributed by atoms with van der Waals surface area (Å²) in [5, 5.41) is 0. The van der Waals surface area contributed by atoms with Crippen molar-refractivity contribution in [3.05, 3.63) is 24.3 Å². The summed E-state index contributed by atoms with van der Waals surface area (Å²) in [6, 6.07) is 7.09. The molecule has 2 aromatic rings. The minimum Gasteiger partial charge on any atom is -0.399 e. The number of nitrogen functional groups attached to an aromatic ring is 2. The van der Waals surface area contributed by atoms with E-state index in [-0.39, 0.29) is 0 Å². The van der Waals surface area contributed by atoms with Crippen molar-refractivity contribution in [2.24, 2.45) is 0 Å². The Kier molecular flexibility index (Phi) is 4.01. The Balaban J connectivity index is 2.78. The van der Waals surface area contributed by atoms with Crippen LogP contribution >= 0.6 is 50.5 Å². The van der Waals surface area contributed by atoms with Crippen LogP contribution in [0.2, 0.25) is 0 Å². The molecule has 0 aliphatic rings. The predicted octanol–water partition coefficient (Wildman–Crippen LogP) is 3.67. The number of hydrogen-bond donors (Lipinski definition) is 6. The van der Waals surface area contributed by atoms with Crippen LogP contribution in [0.4, 0.5) is 11.4 Å². The van der Waals surface area contributed by atoms with Crippen molar-refractivity contribution in [1.82, 2.24) is 0 Å². The zero-order chi connectivity index (χ0) is 13.4. The fraction of sp³-hybridized carbons (Fsp3) is 0. The average molecular weight is 313 g/mol. The molecule has 0 aliphatic heterocycles. The zero-order valence-corrected chi connectivity index (χ0v) is 12.8. The maximum Gasteiger partial charge on any atom is 0.0336 e. The second kappa shape index (κ2) is 5.21. The van der Waals surface area contributed by atoms with Crippen LogP contribution in [0, 0.1) is 0 Å². The van der Waals surface area contributed by atoms with Crippen LogP contribution in [0.15, 0.2) is 43.8 Å². The first kappa shape index (κ1) is 13.9. The zero-order valence-electron chi connectivity index (χ0n) is 9.25. The molecule has 0 saturated heterocycles. The molecular formula is C12H12N2S4. The fourth-order valence-electron chi connectivity index (χ4n) is 1.78. The molecule has 2 aromatic carbocycles. The number of nitrogens with two attached hydrogens (primary N) is 2. The van der Waals surface area contributed by atoms with E-state index < -0.39 is 0 Å². The van der Waals surface area contributed by atoms with E-state index in [1.807, 2.05) is 0 Å². The largest absolute Gasteiger partial charge is 0.399 e. The maximum atomic E-state index is 5.75. The van der Waals surface area contributed by atoms with E-state index in [0.717, 1.165) is 30.7 Å². The smallest absolute Gasteiger partial charge is 0.0336 e. The Labute approximate surface area is 128 Å². The monoisotopic (exact) mass is 312 g/mol. The number of hydrogen-bond acceptors (Lipinski definition) is 6. The molecule has 0 atom stereocenters. The topological polar surface area (TPSA) is 52.0 Å². The normalized spacial score (nSPS) is 10.7. The third-order valence-electron chi connectivity index (χ3n) is 2.49. The first-order chi connectivity index (χ1) is 8.40. The Morgan fingerprint density at radius 3 is 1.00 bits per heavy atom. The van der Waals surface area contributed by atoms with Crippen LogP contribution in [0.5, 0.6) is 0 Å². The van der Waals surface area contributed by atoms with Crippen molar-refractivity contribution < 1.29 is 0 Å². The Hall–Kier alpha value is -0.560. The van der Waals surface area contributed by atoms with E-state index in [0.29, 0.717) is 11.4 Å². The van der Waals surface area contributed by atoms with Gasteiger partial charge < -0.3 is 11.5 Å². The summed E-state index contributed by atoms with van der Waals surface area (Å²) in [5.41, 5.74) is 14.4. The highest BCUT2D eigenvalue weighted by Crippen LogP contribution is 2.41. The highest BCUT2D eigenvalue weighted by molar-refractivity contribution is 7.82. The number of thiol groups is 4. The SMILES string of the molecule is Nc1cc(S)c(-c2c(S)cc(N)cc2S)c(S)c1. The van der Waals surface area contributed by atoms with Crippen LogP contribution in [-0.2, 0) is 0 Å². The summed E-state index contributed by atoms with van der Waals surface area (Å²) in [6.45, 7) is 0. The van der Waals surface area contributed by atoms with Crippen LogP contribution in [0.1, 0.15) is 0 Å². The number of benzene rings is 2.